The Morgan fingerprint density at radius 1 is 1.42 bits per heavy atom. The van der Waals surface area contributed by atoms with Crippen molar-refractivity contribution in [2.24, 2.45) is 12.8 Å². The molecule has 0 fully saturated rings. The first-order valence-corrected chi connectivity index (χ1v) is 5.81. The van der Waals surface area contributed by atoms with E-state index >= 15 is 0 Å². The SMILES string of the molecule is Cn1c(C(=O)NCC(N)C(=O)O)cc2ccccc21. The van der Waals surface area contributed by atoms with Crippen molar-refractivity contribution in [1.29, 1.82) is 0 Å². The van der Waals surface area contributed by atoms with Gasteiger partial charge in [0.2, 0.25) is 0 Å². The number of amides is 1. The lowest BCUT2D eigenvalue weighted by Crippen LogP contribution is -2.42. The third kappa shape index (κ3) is 2.58. The number of nitrogens with one attached hydrogen (secondary N) is 1. The van der Waals surface area contributed by atoms with Crippen LogP contribution < -0.4 is 11.1 Å². The van der Waals surface area contributed by atoms with Gasteiger partial charge in [0.1, 0.15) is 11.7 Å². The molecule has 1 unspecified atom stereocenters. The Balaban J connectivity index is 2.18. The zero-order chi connectivity index (χ0) is 14.0. The maximum atomic E-state index is 12.0. The number of carbonyl (C=O) groups is 2. The molecule has 6 nitrogen and oxygen atoms in total. The molecule has 2 aromatic rings. The predicted molar refractivity (Wildman–Crippen MR) is 70.9 cm³/mol. The van der Waals surface area contributed by atoms with Crippen molar-refractivity contribution in [3.05, 3.63) is 36.0 Å². The molecule has 0 saturated heterocycles. The summed E-state index contributed by atoms with van der Waals surface area (Å²) in [6, 6.07) is 8.27. The highest BCUT2D eigenvalue weighted by Gasteiger charge is 2.16. The quantitative estimate of drug-likeness (QED) is 0.738. The Bertz CT molecular complexity index is 633. The van der Waals surface area contributed by atoms with E-state index in [0.717, 1.165) is 10.9 Å². The van der Waals surface area contributed by atoms with Crippen LogP contribution in [0.1, 0.15) is 10.5 Å². The smallest absolute Gasteiger partial charge is 0.322 e. The lowest BCUT2D eigenvalue weighted by atomic mass is 10.2. The van der Waals surface area contributed by atoms with Gasteiger partial charge in [-0.1, -0.05) is 18.2 Å². The molecule has 2 rings (SSSR count). The van der Waals surface area contributed by atoms with E-state index in [1.54, 1.807) is 17.7 Å². The molecule has 0 aliphatic heterocycles. The normalized spacial score (nSPS) is 12.3. The fourth-order valence-electron chi connectivity index (χ4n) is 1.89. The van der Waals surface area contributed by atoms with Crippen LogP contribution in [0.3, 0.4) is 0 Å². The fourth-order valence-corrected chi connectivity index (χ4v) is 1.89. The van der Waals surface area contributed by atoms with Gasteiger partial charge in [0.05, 0.1) is 0 Å². The standard InChI is InChI=1S/C13H15N3O3/c1-16-10-5-3-2-4-8(10)6-11(16)12(17)15-7-9(14)13(18)19/h2-6,9H,7,14H2,1H3,(H,15,17)(H,18,19). The monoisotopic (exact) mass is 261 g/mol. The van der Waals surface area contributed by atoms with Gasteiger partial charge >= 0.3 is 5.97 Å². The Kier molecular flexibility index (Phi) is 3.52. The van der Waals surface area contributed by atoms with Gasteiger partial charge in [-0.3, -0.25) is 9.59 Å². The number of aryl methyl sites for hydroxylation is 1. The summed E-state index contributed by atoms with van der Waals surface area (Å²) in [5.41, 5.74) is 6.75. The number of carboxylic acids is 1. The van der Waals surface area contributed by atoms with Gasteiger partial charge in [-0.15, -0.1) is 0 Å². The third-order valence-electron chi connectivity index (χ3n) is 2.98. The molecule has 1 atom stereocenters. The van der Waals surface area contributed by atoms with E-state index in [0.29, 0.717) is 5.69 Å². The molecule has 1 heterocycles. The molecule has 0 bridgehead atoms. The summed E-state index contributed by atoms with van der Waals surface area (Å²) in [6.45, 7) is -0.101. The molecule has 1 aromatic heterocycles. The second kappa shape index (κ2) is 5.11. The van der Waals surface area contributed by atoms with E-state index in [4.69, 9.17) is 10.8 Å². The highest BCUT2D eigenvalue weighted by Crippen LogP contribution is 2.17. The number of hydrogen-bond donors (Lipinski definition) is 3. The number of para-hydroxylation sites is 1. The topological polar surface area (TPSA) is 97.4 Å². The van der Waals surface area contributed by atoms with Crippen molar-refractivity contribution in [3.63, 3.8) is 0 Å². The minimum Gasteiger partial charge on any atom is -0.480 e. The molecule has 6 heteroatoms. The predicted octanol–water partition coefficient (Wildman–Crippen LogP) is 0.320. The number of nitrogens with zero attached hydrogens (tertiary/aromatic N) is 1. The van der Waals surface area contributed by atoms with Gasteiger partial charge in [-0.25, -0.2) is 0 Å². The van der Waals surface area contributed by atoms with Crippen LogP contribution in [0.2, 0.25) is 0 Å². The van der Waals surface area contributed by atoms with Crippen LogP contribution in [0.25, 0.3) is 10.9 Å². The van der Waals surface area contributed by atoms with Crippen molar-refractivity contribution < 1.29 is 14.7 Å². The van der Waals surface area contributed by atoms with Crippen molar-refractivity contribution in [2.75, 3.05) is 6.54 Å². The van der Waals surface area contributed by atoms with Gasteiger partial charge in [0.15, 0.2) is 0 Å². The minimum absolute atomic E-state index is 0.101. The van der Waals surface area contributed by atoms with E-state index in [2.05, 4.69) is 5.32 Å². The second-order valence-corrected chi connectivity index (χ2v) is 4.30. The van der Waals surface area contributed by atoms with Crippen LogP contribution in [0, 0.1) is 0 Å². The first-order valence-electron chi connectivity index (χ1n) is 5.81. The summed E-state index contributed by atoms with van der Waals surface area (Å²) in [5, 5.41) is 12.1. The maximum Gasteiger partial charge on any atom is 0.322 e. The summed E-state index contributed by atoms with van der Waals surface area (Å²) >= 11 is 0. The zero-order valence-corrected chi connectivity index (χ0v) is 10.5. The van der Waals surface area contributed by atoms with Crippen LogP contribution in [-0.2, 0) is 11.8 Å². The molecule has 0 spiro atoms. The van der Waals surface area contributed by atoms with E-state index in [1.807, 2.05) is 24.3 Å². The van der Waals surface area contributed by atoms with Crippen molar-refractivity contribution in [1.82, 2.24) is 9.88 Å². The molecule has 19 heavy (non-hydrogen) atoms. The number of aromatic nitrogens is 1. The van der Waals surface area contributed by atoms with Gasteiger partial charge in [-0.2, -0.15) is 0 Å². The van der Waals surface area contributed by atoms with Crippen LogP contribution in [0.15, 0.2) is 30.3 Å². The van der Waals surface area contributed by atoms with Crippen molar-refractivity contribution in [2.45, 2.75) is 6.04 Å². The molecule has 1 aromatic carbocycles. The fraction of sp³-hybridized carbons (Fsp3) is 0.231. The first kappa shape index (κ1) is 13.1. The Morgan fingerprint density at radius 2 is 2.11 bits per heavy atom. The van der Waals surface area contributed by atoms with E-state index in [1.165, 1.54) is 0 Å². The molecule has 100 valence electrons. The number of hydrogen-bond acceptors (Lipinski definition) is 3. The maximum absolute atomic E-state index is 12.0. The van der Waals surface area contributed by atoms with E-state index in [9.17, 15) is 9.59 Å². The Hall–Kier alpha value is -2.34. The Labute approximate surface area is 109 Å². The van der Waals surface area contributed by atoms with E-state index in [-0.39, 0.29) is 12.5 Å². The molecular formula is C13H15N3O3. The zero-order valence-electron chi connectivity index (χ0n) is 10.5. The summed E-state index contributed by atoms with van der Waals surface area (Å²) in [7, 11) is 1.79. The molecule has 0 saturated carbocycles. The van der Waals surface area contributed by atoms with Gasteiger partial charge in [-0.05, 0) is 12.1 Å². The largest absolute Gasteiger partial charge is 0.480 e. The summed E-state index contributed by atoms with van der Waals surface area (Å²) in [5.74, 6) is -1.48. The van der Waals surface area contributed by atoms with Gasteiger partial charge < -0.3 is 20.7 Å². The van der Waals surface area contributed by atoms with Crippen LogP contribution in [0.4, 0.5) is 0 Å². The van der Waals surface area contributed by atoms with Crippen molar-refractivity contribution in [3.8, 4) is 0 Å². The minimum atomic E-state index is -1.14. The lowest BCUT2D eigenvalue weighted by Gasteiger charge is -2.09. The summed E-state index contributed by atoms with van der Waals surface area (Å²) in [4.78, 5) is 22.6. The molecule has 1 amide bonds. The molecular weight excluding hydrogens is 246 g/mol. The second-order valence-electron chi connectivity index (χ2n) is 4.30. The molecule has 4 N–H and O–H groups in total. The number of carboxylic acid groups (broad SMARTS) is 1. The van der Waals surface area contributed by atoms with Crippen LogP contribution >= 0.6 is 0 Å². The number of benzene rings is 1. The highest BCUT2D eigenvalue weighted by molar-refractivity contribution is 5.98. The average molecular weight is 261 g/mol. The summed E-state index contributed by atoms with van der Waals surface area (Å²) in [6.07, 6.45) is 0. The summed E-state index contributed by atoms with van der Waals surface area (Å²) < 4.78 is 1.76. The molecule has 0 aliphatic carbocycles. The number of rotatable bonds is 4. The van der Waals surface area contributed by atoms with Crippen LogP contribution in [-0.4, -0.2) is 34.1 Å². The average Bonchev–Trinajstić information content (AvgIpc) is 2.73. The van der Waals surface area contributed by atoms with Gasteiger partial charge in [0, 0.05) is 24.5 Å². The first-order chi connectivity index (χ1) is 9.00. The number of aliphatic carboxylic acids is 1. The van der Waals surface area contributed by atoms with Crippen LogP contribution in [0.5, 0.6) is 0 Å². The van der Waals surface area contributed by atoms with E-state index < -0.39 is 12.0 Å². The number of fused-ring (bicyclic) bond motifs is 1. The molecule has 0 radical (unpaired) electrons. The van der Waals surface area contributed by atoms with Gasteiger partial charge in [0.25, 0.3) is 5.91 Å². The lowest BCUT2D eigenvalue weighted by molar-refractivity contribution is -0.138. The van der Waals surface area contributed by atoms with Crippen molar-refractivity contribution >= 4 is 22.8 Å². The third-order valence-corrected chi connectivity index (χ3v) is 2.98. The molecule has 0 aliphatic rings. The Morgan fingerprint density at radius 3 is 2.74 bits per heavy atom. The number of nitrogens with two attached hydrogens (primary N) is 1. The number of carbonyl (C=O) groups excluding carboxylic acids is 1. The highest BCUT2D eigenvalue weighted by atomic mass is 16.4.